The Hall–Kier alpha value is -2.34. The van der Waals surface area contributed by atoms with Gasteiger partial charge >= 0.3 is 0 Å². The molecule has 25 heavy (non-hydrogen) atoms. The van der Waals surface area contributed by atoms with Crippen molar-refractivity contribution < 1.29 is 9.59 Å². The van der Waals surface area contributed by atoms with Crippen LogP contribution in [-0.4, -0.2) is 27.4 Å². The fraction of sp³-hybridized carbons (Fsp3) is 0.389. The van der Waals surface area contributed by atoms with Crippen LogP contribution in [0.15, 0.2) is 24.3 Å². The number of anilines is 1. The first-order valence-electron chi connectivity index (χ1n) is 8.43. The fourth-order valence-corrected chi connectivity index (χ4v) is 3.15. The summed E-state index contributed by atoms with van der Waals surface area (Å²) in [6.45, 7) is 4.47. The monoisotopic (exact) mass is 360 g/mol. The molecule has 3 rings (SSSR count). The van der Waals surface area contributed by atoms with E-state index in [-0.39, 0.29) is 23.7 Å². The molecular weight excluding hydrogens is 340 g/mol. The number of amides is 2. The Balaban J connectivity index is 1.93. The topological polar surface area (TPSA) is 76.0 Å². The molecular formula is C18H21ClN4O2. The Kier molecular flexibility index (Phi) is 5.08. The van der Waals surface area contributed by atoms with E-state index in [0.717, 1.165) is 25.0 Å². The molecule has 0 radical (unpaired) electrons. The standard InChI is InChI=1S/C18H21ClN4O2/c1-11(2)20-17(24)15-14-9-5-6-10-23(14)16(22-15)18(25)21-13-8-4-3-7-12(13)19/h3-4,7-8,11H,5-6,9-10H2,1-2H3,(H,20,24)(H,21,25). The Morgan fingerprint density at radius 1 is 1.20 bits per heavy atom. The third-order valence-electron chi connectivity index (χ3n) is 4.08. The van der Waals surface area contributed by atoms with Crippen molar-refractivity contribution in [3.05, 3.63) is 46.5 Å². The third kappa shape index (κ3) is 3.69. The summed E-state index contributed by atoms with van der Waals surface area (Å²) in [6, 6.07) is 7.04. The van der Waals surface area contributed by atoms with E-state index in [1.807, 2.05) is 18.4 Å². The van der Waals surface area contributed by atoms with Crippen LogP contribution in [0.1, 0.15) is 53.5 Å². The molecule has 2 N–H and O–H groups in total. The molecule has 2 amide bonds. The van der Waals surface area contributed by atoms with Crippen molar-refractivity contribution in [2.75, 3.05) is 5.32 Å². The van der Waals surface area contributed by atoms with Crippen molar-refractivity contribution in [3.8, 4) is 0 Å². The second-order valence-electron chi connectivity index (χ2n) is 6.40. The maximum atomic E-state index is 12.7. The smallest absolute Gasteiger partial charge is 0.291 e. The number of benzene rings is 1. The zero-order chi connectivity index (χ0) is 18.0. The molecule has 6 nitrogen and oxygen atoms in total. The van der Waals surface area contributed by atoms with Gasteiger partial charge in [0, 0.05) is 12.6 Å². The van der Waals surface area contributed by atoms with Crippen molar-refractivity contribution in [3.63, 3.8) is 0 Å². The van der Waals surface area contributed by atoms with E-state index >= 15 is 0 Å². The van der Waals surface area contributed by atoms with Crippen LogP contribution in [0, 0.1) is 0 Å². The van der Waals surface area contributed by atoms with Gasteiger partial charge in [-0.25, -0.2) is 4.98 Å². The number of fused-ring (bicyclic) bond motifs is 1. The average Bonchev–Trinajstić information content (AvgIpc) is 2.96. The minimum absolute atomic E-state index is 0.00819. The molecule has 1 aliphatic rings. The lowest BCUT2D eigenvalue weighted by atomic mass is 10.1. The highest BCUT2D eigenvalue weighted by Gasteiger charge is 2.27. The summed E-state index contributed by atoms with van der Waals surface area (Å²) in [6.07, 6.45) is 2.69. The van der Waals surface area contributed by atoms with E-state index < -0.39 is 0 Å². The molecule has 0 unspecified atom stereocenters. The van der Waals surface area contributed by atoms with Crippen LogP contribution in [0.2, 0.25) is 5.02 Å². The largest absolute Gasteiger partial charge is 0.348 e. The van der Waals surface area contributed by atoms with Crippen molar-refractivity contribution in [1.82, 2.24) is 14.9 Å². The number of aromatic nitrogens is 2. The molecule has 2 aromatic rings. The highest BCUT2D eigenvalue weighted by molar-refractivity contribution is 6.33. The highest BCUT2D eigenvalue weighted by Crippen LogP contribution is 2.24. The molecule has 1 aromatic heterocycles. The first-order valence-corrected chi connectivity index (χ1v) is 8.81. The number of imidazole rings is 1. The first kappa shape index (κ1) is 17.5. The van der Waals surface area contributed by atoms with E-state index in [0.29, 0.717) is 22.9 Å². The molecule has 0 spiro atoms. The van der Waals surface area contributed by atoms with Gasteiger partial charge in [0.05, 0.1) is 16.4 Å². The summed E-state index contributed by atoms with van der Waals surface area (Å²) in [5.74, 6) is -0.346. The second kappa shape index (κ2) is 7.27. The molecule has 0 fully saturated rings. The predicted molar refractivity (Wildman–Crippen MR) is 97.2 cm³/mol. The van der Waals surface area contributed by atoms with E-state index in [4.69, 9.17) is 11.6 Å². The number of hydrogen-bond donors (Lipinski definition) is 2. The Morgan fingerprint density at radius 3 is 2.68 bits per heavy atom. The highest BCUT2D eigenvalue weighted by atomic mass is 35.5. The molecule has 0 bridgehead atoms. The summed E-state index contributed by atoms with van der Waals surface area (Å²) in [4.78, 5) is 29.5. The van der Waals surface area contributed by atoms with Crippen LogP contribution >= 0.6 is 11.6 Å². The zero-order valence-electron chi connectivity index (χ0n) is 14.3. The lowest BCUT2D eigenvalue weighted by Crippen LogP contribution is -2.31. The van der Waals surface area contributed by atoms with E-state index in [1.54, 1.807) is 24.3 Å². The number of carbonyl (C=O) groups is 2. The fourth-order valence-electron chi connectivity index (χ4n) is 2.97. The molecule has 132 valence electrons. The molecule has 0 aliphatic carbocycles. The number of hydrogen-bond acceptors (Lipinski definition) is 3. The quantitative estimate of drug-likeness (QED) is 0.878. The Bertz CT molecular complexity index is 813. The minimum Gasteiger partial charge on any atom is -0.348 e. The van der Waals surface area contributed by atoms with Gasteiger partial charge in [-0.3, -0.25) is 9.59 Å². The van der Waals surface area contributed by atoms with Crippen LogP contribution in [0.25, 0.3) is 0 Å². The van der Waals surface area contributed by atoms with Gasteiger partial charge in [-0.2, -0.15) is 0 Å². The number of nitrogens with one attached hydrogen (secondary N) is 2. The summed E-state index contributed by atoms with van der Waals surface area (Å²) in [5, 5.41) is 6.09. The first-order chi connectivity index (χ1) is 12.0. The van der Waals surface area contributed by atoms with Gasteiger partial charge in [0.2, 0.25) is 0 Å². The van der Waals surface area contributed by atoms with Gasteiger partial charge < -0.3 is 15.2 Å². The Morgan fingerprint density at radius 2 is 1.96 bits per heavy atom. The van der Waals surface area contributed by atoms with E-state index in [2.05, 4.69) is 15.6 Å². The summed E-state index contributed by atoms with van der Waals surface area (Å²) in [5.41, 5.74) is 1.70. The van der Waals surface area contributed by atoms with Crippen molar-refractivity contribution in [2.24, 2.45) is 0 Å². The molecule has 0 saturated carbocycles. The van der Waals surface area contributed by atoms with Gasteiger partial charge in [0.15, 0.2) is 5.82 Å². The van der Waals surface area contributed by atoms with Crippen molar-refractivity contribution in [2.45, 2.75) is 45.7 Å². The second-order valence-corrected chi connectivity index (χ2v) is 6.81. The number of para-hydroxylation sites is 1. The van der Waals surface area contributed by atoms with Gasteiger partial charge in [-0.1, -0.05) is 23.7 Å². The number of halogens is 1. The summed E-state index contributed by atoms with van der Waals surface area (Å²) >= 11 is 6.11. The molecule has 0 atom stereocenters. The third-order valence-corrected chi connectivity index (χ3v) is 4.41. The van der Waals surface area contributed by atoms with Gasteiger partial charge in [-0.05, 0) is 45.2 Å². The molecule has 0 saturated heterocycles. The molecule has 2 heterocycles. The van der Waals surface area contributed by atoms with Gasteiger partial charge in [0.1, 0.15) is 5.69 Å². The molecule has 1 aliphatic heterocycles. The normalized spacial score (nSPS) is 13.4. The summed E-state index contributed by atoms with van der Waals surface area (Å²) < 4.78 is 1.85. The Labute approximate surface area is 151 Å². The van der Waals surface area contributed by atoms with Crippen LogP contribution in [0.4, 0.5) is 5.69 Å². The SMILES string of the molecule is CC(C)NC(=O)c1nc(C(=O)Nc2ccccc2Cl)n2c1CCCC2. The van der Waals surface area contributed by atoms with E-state index in [1.165, 1.54) is 0 Å². The van der Waals surface area contributed by atoms with Crippen molar-refractivity contribution >= 4 is 29.1 Å². The van der Waals surface area contributed by atoms with Crippen LogP contribution in [-0.2, 0) is 13.0 Å². The zero-order valence-corrected chi connectivity index (χ0v) is 15.1. The average molecular weight is 361 g/mol. The van der Waals surface area contributed by atoms with Crippen LogP contribution in [0.5, 0.6) is 0 Å². The number of rotatable bonds is 4. The van der Waals surface area contributed by atoms with Gasteiger partial charge in [-0.15, -0.1) is 0 Å². The number of carbonyl (C=O) groups excluding carboxylic acids is 2. The van der Waals surface area contributed by atoms with Gasteiger partial charge in [0.25, 0.3) is 11.8 Å². The van der Waals surface area contributed by atoms with Crippen LogP contribution in [0.3, 0.4) is 0 Å². The molecule has 7 heteroatoms. The van der Waals surface area contributed by atoms with Crippen molar-refractivity contribution in [1.29, 1.82) is 0 Å². The maximum Gasteiger partial charge on any atom is 0.291 e. The lowest BCUT2D eigenvalue weighted by Gasteiger charge is -2.17. The van der Waals surface area contributed by atoms with Crippen LogP contribution < -0.4 is 10.6 Å². The van der Waals surface area contributed by atoms with E-state index in [9.17, 15) is 9.59 Å². The molecule has 1 aromatic carbocycles. The number of nitrogens with zero attached hydrogens (tertiary/aromatic N) is 2. The predicted octanol–water partition coefficient (Wildman–Crippen LogP) is 3.26. The lowest BCUT2D eigenvalue weighted by molar-refractivity contribution is 0.0937. The summed E-state index contributed by atoms with van der Waals surface area (Å²) in [7, 11) is 0. The maximum absolute atomic E-state index is 12.7. The minimum atomic E-state index is -0.361.